The molecule has 3 aliphatic carbocycles. The third-order valence-corrected chi connectivity index (χ3v) is 9.18. The van der Waals surface area contributed by atoms with Crippen LogP contribution in [0.2, 0.25) is 0 Å². The zero-order valence-electron chi connectivity index (χ0n) is 20.2. The van der Waals surface area contributed by atoms with E-state index in [1.165, 1.54) is 95.6 Å². The van der Waals surface area contributed by atoms with Crippen molar-refractivity contribution in [1.82, 2.24) is 0 Å². The first-order valence-electron chi connectivity index (χ1n) is 13.8. The monoisotopic (exact) mass is 442 g/mol. The fraction of sp³-hybridized carbons (Fsp3) is 0.733. The van der Waals surface area contributed by atoms with E-state index in [-0.39, 0.29) is 0 Å². The summed E-state index contributed by atoms with van der Waals surface area (Å²) in [4.78, 5) is 0. The predicted octanol–water partition coefficient (Wildman–Crippen LogP) is 9.60. The highest BCUT2D eigenvalue weighted by Gasteiger charge is 2.30. The van der Waals surface area contributed by atoms with Crippen LogP contribution in [0.4, 0.5) is 8.78 Å². The highest BCUT2D eigenvalue weighted by atomic mass is 19.2. The number of unbranched alkanes of at least 4 members (excludes halogenated alkanes) is 1. The van der Waals surface area contributed by atoms with Crippen LogP contribution in [0.1, 0.15) is 115 Å². The Morgan fingerprint density at radius 3 is 1.84 bits per heavy atom. The fourth-order valence-electron chi connectivity index (χ4n) is 6.98. The Morgan fingerprint density at radius 2 is 1.28 bits per heavy atom. The Bertz CT molecular complexity index is 714. The fourth-order valence-corrected chi connectivity index (χ4v) is 6.98. The lowest BCUT2D eigenvalue weighted by molar-refractivity contribution is 0.151. The van der Waals surface area contributed by atoms with E-state index < -0.39 is 11.6 Å². The lowest BCUT2D eigenvalue weighted by Crippen LogP contribution is -2.25. The number of rotatable bonds is 7. The van der Waals surface area contributed by atoms with E-state index in [2.05, 4.69) is 19.1 Å². The Hall–Kier alpha value is -1.18. The first-order valence-corrected chi connectivity index (χ1v) is 13.8. The summed E-state index contributed by atoms with van der Waals surface area (Å²) in [6, 6.07) is 4.47. The molecule has 0 atom stereocenters. The van der Waals surface area contributed by atoms with Crippen LogP contribution in [0.15, 0.2) is 30.4 Å². The van der Waals surface area contributed by atoms with Gasteiger partial charge in [0.1, 0.15) is 0 Å². The van der Waals surface area contributed by atoms with Crippen molar-refractivity contribution < 1.29 is 8.78 Å². The molecule has 0 nitrogen and oxygen atoms in total. The summed E-state index contributed by atoms with van der Waals surface area (Å²) < 4.78 is 26.8. The molecule has 4 rings (SSSR count). The molecule has 1 aromatic carbocycles. The first kappa shape index (κ1) is 24.0. The van der Waals surface area contributed by atoms with Gasteiger partial charge in [0.15, 0.2) is 11.6 Å². The zero-order chi connectivity index (χ0) is 22.3. The van der Waals surface area contributed by atoms with Crippen molar-refractivity contribution in [3.05, 3.63) is 47.5 Å². The van der Waals surface area contributed by atoms with Crippen molar-refractivity contribution in [1.29, 1.82) is 0 Å². The largest absolute Gasteiger partial charge is 0.204 e. The molecule has 3 aliphatic rings. The summed E-state index contributed by atoms with van der Waals surface area (Å²) in [6.45, 7) is 2.32. The molecule has 0 saturated heterocycles. The second kappa shape index (κ2) is 11.8. The molecule has 2 heteroatoms. The summed E-state index contributed by atoms with van der Waals surface area (Å²) in [5.74, 6) is 3.46. The van der Waals surface area contributed by atoms with Crippen molar-refractivity contribution in [3.8, 4) is 0 Å². The molecular formula is C30H44F2. The summed E-state index contributed by atoms with van der Waals surface area (Å²) in [6.07, 6.45) is 25.5. The van der Waals surface area contributed by atoms with Gasteiger partial charge in [0.05, 0.1) is 0 Å². The van der Waals surface area contributed by atoms with Crippen LogP contribution < -0.4 is 0 Å². The SMILES string of the molecule is CCCCC1CCC(C2CCC(/C=C/C3CCC(c4ccc(F)c(F)c4)CC3)CC2)CC1. The molecule has 0 N–H and O–H groups in total. The maximum absolute atomic E-state index is 13.6. The normalized spacial score (nSPS) is 34.1. The van der Waals surface area contributed by atoms with Crippen LogP contribution in [0.25, 0.3) is 0 Å². The van der Waals surface area contributed by atoms with Crippen LogP contribution in [-0.2, 0) is 0 Å². The van der Waals surface area contributed by atoms with E-state index >= 15 is 0 Å². The minimum absolute atomic E-state index is 0.391. The van der Waals surface area contributed by atoms with Gasteiger partial charge in [-0.05, 0) is 117 Å². The molecule has 0 bridgehead atoms. The van der Waals surface area contributed by atoms with Crippen LogP contribution in [0.5, 0.6) is 0 Å². The number of benzene rings is 1. The minimum Gasteiger partial charge on any atom is -0.204 e. The highest BCUT2D eigenvalue weighted by molar-refractivity contribution is 5.22. The van der Waals surface area contributed by atoms with Crippen molar-refractivity contribution >= 4 is 0 Å². The number of halogens is 2. The summed E-state index contributed by atoms with van der Waals surface area (Å²) in [5, 5.41) is 0. The van der Waals surface area contributed by atoms with Gasteiger partial charge in [-0.2, -0.15) is 0 Å². The molecule has 0 spiro atoms. The van der Waals surface area contributed by atoms with Gasteiger partial charge in [-0.1, -0.05) is 57.2 Å². The van der Waals surface area contributed by atoms with E-state index in [1.807, 2.05) is 0 Å². The van der Waals surface area contributed by atoms with Gasteiger partial charge < -0.3 is 0 Å². The third-order valence-electron chi connectivity index (χ3n) is 9.18. The number of allylic oxidation sites excluding steroid dienone is 2. The smallest absolute Gasteiger partial charge is 0.159 e. The van der Waals surface area contributed by atoms with Crippen LogP contribution in [0.3, 0.4) is 0 Å². The van der Waals surface area contributed by atoms with Crippen molar-refractivity contribution in [2.24, 2.45) is 29.6 Å². The molecule has 0 radical (unpaired) electrons. The second-order valence-corrected chi connectivity index (χ2v) is 11.3. The van der Waals surface area contributed by atoms with Gasteiger partial charge in [-0.25, -0.2) is 8.78 Å². The van der Waals surface area contributed by atoms with Gasteiger partial charge in [0.25, 0.3) is 0 Å². The molecule has 178 valence electrons. The molecule has 32 heavy (non-hydrogen) atoms. The second-order valence-electron chi connectivity index (χ2n) is 11.3. The van der Waals surface area contributed by atoms with Gasteiger partial charge in [-0.15, -0.1) is 0 Å². The quantitative estimate of drug-likeness (QED) is 0.369. The maximum Gasteiger partial charge on any atom is 0.159 e. The Morgan fingerprint density at radius 1 is 0.719 bits per heavy atom. The van der Waals surface area contributed by atoms with E-state index in [0.29, 0.717) is 11.8 Å². The van der Waals surface area contributed by atoms with Crippen molar-refractivity contribution in [2.75, 3.05) is 0 Å². The van der Waals surface area contributed by atoms with Gasteiger partial charge in [0.2, 0.25) is 0 Å². The van der Waals surface area contributed by atoms with Crippen LogP contribution >= 0.6 is 0 Å². The molecule has 0 unspecified atom stereocenters. The first-order chi connectivity index (χ1) is 15.6. The van der Waals surface area contributed by atoms with E-state index in [0.717, 1.165) is 42.1 Å². The average molecular weight is 443 g/mol. The molecule has 0 amide bonds. The minimum atomic E-state index is -0.736. The summed E-state index contributed by atoms with van der Waals surface area (Å²) in [7, 11) is 0. The summed E-state index contributed by atoms with van der Waals surface area (Å²) in [5.41, 5.74) is 0.976. The van der Waals surface area contributed by atoms with E-state index in [4.69, 9.17) is 0 Å². The molecule has 0 aromatic heterocycles. The van der Waals surface area contributed by atoms with E-state index in [9.17, 15) is 8.78 Å². The Balaban J connectivity index is 1.15. The lowest BCUT2D eigenvalue weighted by Gasteiger charge is -2.37. The van der Waals surface area contributed by atoms with Crippen molar-refractivity contribution in [2.45, 2.75) is 109 Å². The predicted molar refractivity (Wildman–Crippen MR) is 131 cm³/mol. The van der Waals surface area contributed by atoms with Crippen LogP contribution in [-0.4, -0.2) is 0 Å². The zero-order valence-corrected chi connectivity index (χ0v) is 20.2. The third kappa shape index (κ3) is 6.45. The van der Waals surface area contributed by atoms with Crippen molar-refractivity contribution in [3.63, 3.8) is 0 Å². The molecule has 1 aromatic rings. The molecule has 3 saturated carbocycles. The van der Waals surface area contributed by atoms with Gasteiger partial charge in [-0.3, -0.25) is 0 Å². The summed E-state index contributed by atoms with van der Waals surface area (Å²) >= 11 is 0. The van der Waals surface area contributed by atoms with Gasteiger partial charge >= 0.3 is 0 Å². The highest BCUT2D eigenvalue weighted by Crippen LogP contribution is 2.43. The molecule has 0 heterocycles. The molecule has 3 fully saturated rings. The maximum atomic E-state index is 13.6. The standard InChI is InChI=1S/C30H44F2/c1-2-3-4-22-7-13-25(14-8-22)26-15-9-23(10-16-26)5-6-24-11-17-27(18-12-24)28-19-20-29(31)30(32)21-28/h5-6,19-27H,2-4,7-18H2,1H3/b6-5+. The number of hydrogen-bond acceptors (Lipinski definition) is 0. The Labute approximate surface area is 195 Å². The van der Waals surface area contributed by atoms with Gasteiger partial charge in [0, 0.05) is 0 Å². The Kier molecular flexibility index (Phi) is 8.83. The molecular weight excluding hydrogens is 398 g/mol. The molecule has 0 aliphatic heterocycles. The lowest BCUT2D eigenvalue weighted by atomic mass is 9.68. The van der Waals surface area contributed by atoms with E-state index in [1.54, 1.807) is 6.07 Å². The van der Waals surface area contributed by atoms with Crippen LogP contribution in [0, 0.1) is 41.2 Å². The topological polar surface area (TPSA) is 0 Å². The number of hydrogen-bond donors (Lipinski definition) is 0. The average Bonchev–Trinajstić information content (AvgIpc) is 2.84.